The molecule has 0 aliphatic carbocycles. The number of nitriles is 1. The number of anilines is 1. The molecule has 0 aliphatic rings. The van der Waals surface area contributed by atoms with Crippen LogP contribution in [0.3, 0.4) is 0 Å². The zero-order valence-corrected chi connectivity index (χ0v) is 11.6. The Labute approximate surface area is 117 Å². The lowest BCUT2D eigenvalue weighted by atomic mass is 10.1. The molecule has 20 heavy (non-hydrogen) atoms. The second kappa shape index (κ2) is 5.17. The van der Waals surface area contributed by atoms with Crippen LogP contribution in [-0.4, -0.2) is 16.7 Å². The number of nitrogens with one attached hydrogen (secondary N) is 1. The number of nitrogens with zero attached hydrogens (tertiary/aromatic N) is 2. The zero-order valence-electron chi connectivity index (χ0n) is 11.6. The zero-order chi connectivity index (χ0) is 14.8. The first kappa shape index (κ1) is 13.8. The van der Waals surface area contributed by atoms with Crippen LogP contribution in [0.25, 0.3) is 10.9 Å². The van der Waals surface area contributed by atoms with Crippen molar-refractivity contribution in [2.24, 2.45) is 0 Å². The van der Waals surface area contributed by atoms with Crippen molar-refractivity contribution >= 4 is 22.7 Å². The first-order chi connectivity index (χ1) is 9.40. The summed E-state index contributed by atoms with van der Waals surface area (Å²) in [5.74, 6) is 0. The van der Waals surface area contributed by atoms with E-state index in [1.165, 1.54) is 6.20 Å². The molecular formula is C15H15N3O2. The summed E-state index contributed by atoms with van der Waals surface area (Å²) in [7, 11) is 0. The van der Waals surface area contributed by atoms with E-state index in [1.54, 1.807) is 26.8 Å². The Hall–Kier alpha value is -2.61. The maximum atomic E-state index is 11.9. The lowest BCUT2D eigenvalue weighted by Crippen LogP contribution is -2.27. The number of aromatic nitrogens is 1. The summed E-state index contributed by atoms with van der Waals surface area (Å²) >= 11 is 0. The number of pyridine rings is 1. The van der Waals surface area contributed by atoms with Gasteiger partial charge in [-0.3, -0.25) is 10.3 Å². The quantitative estimate of drug-likeness (QED) is 0.860. The van der Waals surface area contributed by atoms with Crippen LogP contribution in [0.2, 0.25) is 0 Å². The Balaban J connectivity index is 2.42. The van der Waals surface area contributed by atoms with Crippen LogP contribution in [0.4, 0.5) is 10.5 Å². The molecule has 0 saturated heterocycles. The molecule has 0 aliphatic heterocycles. The molecular weight excluding hydrogens is 254 g/mol. The molecule has 0 fully saturated rings. The minimum Gasteiger partial charge on any atom is -0.444 e. The van der Waals surface area contributed by atoms with Crippen molar-refractivity contribution in [3.8, 4) is 6.07 Å². The summed E-state index contributed by atoms with van der Waals surface area (Å²) in [6, 6.07) is 9.31. The second-order valence-electron chi connectivity index (χ2n) is 5.30. The van der Waals surface area contributed by atoms with Gasteiger partial charge >= 0.3 is 6.09 Å². The van der Waals surface area contributed by atoms with Gasteiger partial charge in [-0.05, 0) is 26.8 Å². The third-order valence-electron chi connectivity index (χ3n) is 2.52. The van der Waals surface area contributed by atoms with Gasteiger partial charge in [0.25, 0.3) is 0 Å². The van der Waals surface area contributed by atoms with Gasteiger partial charge in [0.15, 0.2) is 0 Å². The standard InChI is InChI=1S/C15H15N3O2/c1-15(2,3)20-14(19)18-13-10(8-16)9-17-12-7-5-4-6-11(12)13/h4-7,9H,1-3H3,(H,17,18,19). The van der Waals surface area contributed by atoms with Crippen LogP contribution in [0.5, 0.6) is 0 Å². The number of carbonyl (C=O) groups excluding carboxylic acids is 1. The lowest BCUT2D eigenvalue weighted by Gasteiger charge is -2.20. The smallest absolute Gasteiger partial charge is 0.412 e. The van der Waals surface area contributed by atoms with Crippen LogP contribution < -0.4 is 5.32 Å². The molecule has 1 N–H and O–H groups in total. The van der Waals surface area contributed by atoms with Gasteiger partial charge in [-0.1, -0.05) is 18.2 Å². The molecule has 0 saturated carbocycles. The number of benzene rings is 1. The normalized spacial score (nSPS) is 10.9. The Morgan fingerprint density at radius 1 is 1.35 bits per heavy atom. The fourth-order valence-electron chi connectivity index (χ4n) is 1.77. The largest absolute Gasteiger partial charge is 0.444 e. The summed E-state index contributed by atoms with van der Waals surface area (Å²) in [5.41, 5.74) is 0.833. The molecule has 1 heterocycles. The van der Waals surface area contributed by atoms with Crippen LogP contribution in [0.15, 0.2) is 30.5 Å². The van der Waals surface area contributed by atoms with E-state index in [2.05, 4.69) is 10.3 Å². The van der Waals surface area contributed by atoms with Gasteiger partial charge in [-0.15, -0.1) is 0 Å². The molecule has 0 radical (unpaired) electrons. The predicted octanol–water partition coefficient (Wildman–Crippen LogP) is 3.45. The van der Waals surface area contributed by atoms with Crippen LogP contribution in [-0.2, 0) is 4.74 Å². The van der Waals surface area contributed by atoms with E-state index >= 15 is 0 Å². The third kappa shape index (κ3) is 3.04. The summed E-state index contributed by atoms with van der Waals surface area (Å²) < 4.78 is 5.21. The minimum atomic E-state index is -0.597. The Kier molecular flexibility index (Phi) is 3.57. The average Bonchev–Trinajstić information content (AvgIpc) is 2.37. The third-order valence-corrected chi connectivity index (χ3v) is 2.52. The van der Waals surface area contributed by atoms with Crippen molar-refractivity contribution in [3.05, 3.63) is 36.0 Å². The number of amides is 1. The van der Waals surface area contributed by atoms with E-state index in [-0.39, 0.29) is 0 Å². The highest BCUT2D eigenvalue weighted by Gasteiger charge is 2.18. The van der Waals surface area contributed by atoms with Gasteiger partial charge in [-0.25, -0.2) is 4.79 Å². The van der Waals surface area contributed by atoms with Crippen LogP contribution >= 0.6 is 0 Å². The van der Waals surface area contributed by atoms with E-state index < -0.39 is 11.7 Å². The second-order valence-corrected chi connectivity index (χ2v) is 5.30. The maximum Gasteiger partial charge on any atom is 0.412 e. The van der Waals surface area contributed by atoms with Gasteiger partial charge in [-0.2, -0.15) is 5.26 Å². The van der Waals surface area contributed by atoms with Crippen LogP contribution in [0.1, 0.15) is 26.3 Å². The van der Waals surface area contributed by atoms with Gasteiger partial charge in [0.1, 0.15) is 11.7 Å². The van der Waals surface area contributed by atoms with Crippen molar-refractivity contribution in [1.82, 2.24) is 4.98 Å². The van der Waals surface area contributed by atoms with E-state index in [9.17, 15) is 4.79 Å². The highest BCUT2D eigenvalue weighted by atomic mass is 16.6. The molecule has 102 valence electrons. The van der Waals surface area contributed by atoms with Gasteiger partial charge in [0.2, 0.25) is 0 Å². The molecule has 1 aromatic heterocycles. The summed E-state index contributed by atoms with van der Waals surface area (Å²) in [4.78, 5) is 16.1. The topological polar surface area (TPSA) is 75.0 Å². The van der Waals surface area contributed by atoms with Crippen molar-refractivity contribution in [3.63, 3.8) is 0 Å². The van der Waals surface area contributed by atoms with E-state index in [0.717, 1.165) is 0 Å². The fraction of sp³-hybridized carbons (Fsp3) is 0.267. The minimum absolute atomic E-state index is 0.301. The Bertz CT molecular complexity index is 696. The molecule has 2 rings (SSSR count). The molecule has 0 atom stereocenters. The van der Waals surface area contributed by atoms with Crippen molar-refractivity contribution in [2.75, 3.05) is 5.32 Å². The molecule has 2 aromatic rings. The molecule has 0 bridgehead atoms. The lowest BCUT2D eigenvalue weighted by molar-refractivity contribution is 0.0636. The van der Waals surface area contributed by atoms with Crippen molar-refractivity contribution in [2.45, 2.75) is 26.4 Å². The number of carbonyl (C=O) groups is 1. The van der Waals surface area contributed by atoms with Gasteiger partial charge in [0, 0.05) is 11.6 Å². The first-order valence-corrected chi connectivity index (χ1v) is 6.18. The summed E-state index contributed by atoms with van der Waals surface area (Å²) in [6.07, 6.45) is 0.847. The van der Waals surface area contributed by atoms with E-state index in [4.69, 9.17) is 10.00 Å². The van der Waals surface area contributed by atoms with Crippen molar-refractivity contribution < 1.29 is 9.53 Å². The van der Waals surface area contributed by atoms with E-state index in [1.807, 2.05) is 24.3 Å². The molecule has 5 nitrogen and oxygen atoms in total. The highest BCUT2D eigenvalue weighted by molar-refractivity contribution is 6.00. The first-order valence-electron chi connectivity index (χ1n) is 6.18. The number of rotatable bonds is 1. The monoisotopic (exact) mass is 269 g/mol. The summed E-state index contributed by atoms with van der Waals surface area (Å²) in [6.45, 7) is 5.34. The number of ether oxygens (including phenoxy) is 1. The predicted molar refractivity (Wildman–Crippen MR) is 76.3 cm³/mol. The van der Waals surface area contributed by atoms with E-state index in [0.29, 0.717) is 22.2 Å². The molecule has 1 amide bonds. The summed E-state index contributed by atoms with van der Waals surface area (Å²) in [5, 5.41) is 12.5. The highest BCUT2D eigenvalue weighted by Crippen LogP contribution is 2.25. The number of hydrogen-bond donors (Lipinski definition) is 1. The Morgan fingerprint density at radius 2 is 2.05 bits per heavy atom. The Morgan fingerprint density at radius 3 is 2.70 bits per heavy atom. The molecule has 1 aromatic carbocycles. The van der Waals surface area contributed by atoms with Gasteiger partial charge in [0.05, 0.1) is 16.8 Å². The average molecular weight is 269 g/mol. The molecule has 0 unspecified atom stereocenters. The fourth-order valence-corrected chi connectivity index (χ4v) is 1.77. The number of fused-ring (bicyclic) bond motifs is 1. The SMILES string of the molecule is CC(C)(C)OC(=O)Nc1c(C#N)cnc2ccccc12. The number of hydrogen-bond acceptors (Lipinski definition) is 4. The maximum absolute atomic E-state index is 11.9. The van der Waals surface area contributed by atoms with Crippen molar-refractivity contribution in [1.29, 1.82) is 5.26 Å². The van der Waals surface area contributed by atoms with Crippen LogP contribution in [0, 0.1) is 11.3 Å². The molecule has 5 heteroatoms. The molecule has 0 spiro atoms. The van der Waals surface area contributed by atoms with Gasteiger partial charge < -0.3 is 4.74 Å². The number of para-hydroxylation sites is 1.